The molecule has 0 spiro atoms. The molecule has 1 unspecified atom stereocenters. The first kappa shape index (κ1) is 12.9. The molecule has 0 saturated heterocycles. The Kier molecular flexibility index (Phi) is 5.22. The molecule has 16 heavy (non-hydrogen) atoms. The van der Waals surface area contributed by atoms with Crippen LogP contribution in [0.25, 0.3) is 0 Å². The van der Waals surface area contributed by atoms with Crippen molar-refractivity contribution in [3.63, 3.8) is 0 Å². The van der Waals surface area contributed by atoms with Crippen LogP contribution in [0.5, 0.6) is 5.75 Å². The third kappa shape index (κ3) is 3.47. The Morgan fingerprint density at radius 3 is 2.81 bits per heavy atom. The maximum atomic E-state index is 13.0. The number of nitrogens with two attached hydrogens (primary N) is 1. The highest BCUT2D eigenvalue weighted by molar-refractivity contribution is 5.34. The SMILES string of the molecule is COc1ccc(F)cc1CCC(CN)CO. The largest absolute Gasteiger partial charge is 0.496 e. The Bertz CT molecular complexity index is 327. The molecular formula is C12H18FNO2. The van der Waals surface area contributed by atoms with Crippen molar-refractivity contribution in [3.8, 4) is 5.75 Å². The smallest absolute Gasteiger partial charge is 0.123 e. The summed E-state index contributed by atoms with van der Waals surface area (Å²) >= 11 is 0. The lowest BCUT2D eigenvalue weighted by molar-refractivity contribution is 0.223. The van der Waals surface area contributed by atoms with Crippen LogP contribution in [0.15, 0.2) is 18.2 Å². The van der Waals surface area contributed by atoms with E-state index < -0.39 is 0 Å². The second kappa shape index (κ2) is 6.45. The lowest BCUT2D eigenvalue weighted by Crippen LogP contribution is -2.18. The molecule has 0 aromatic heterocycles. The molecule has 90 valence electrons. The van der Waals surface area contributed by atoms with Gasteiger partial charge in [-0.25, -0.2) is 4.39 Å². The lowest BCUT2D eigenvalue weighted by Gasteiger charge is -2.13. The van der Waals surface area contributed by atoms with Crippen molar-refractivity contribution < 1.29 is 14.2 Å². The van der Waals surface area contributed by atoms with Crippen molar-refractivity contribution in [1.29, 1.82) is 0 Å². The standard InChI is InChI=1S/C12H18FNO2/c1-16-12-5-4-11(13)6-10(12)3-2-9(7-14)8-15/h4-6,9,15H,2-3,7-8,14H2,1H3. The molecular weight excluding hydrogens is 209 g/mol. The van der Waals surface area contributed by atoms with E-state index in [2.05, 4.69) is 0 Å². The van der Waals surface area contributed by atoms with Crippen molar-refractivity contribution in [2.75, 3.05) is 20.3 Å². The highest BCUT2D eigenvalue weighted by Gasteiger charge is 2.09. The van der Waals surface area contributed by atoms with Gasteiger partial charge in [-0.2, -0.15) is 0 Å². The van der Waals surface area contributed by atoms with Gasteiger partial charge in [0.1, 0.15) is 11.6 Å². The van der Waals surface area contributed by atoms with E-state index in [0.717, 1.165) is 12.0 Å². The third-order valence-corrected chi connectivity index (χ3v) is 2.66. The quantitative estimate of drug-likeness (QED) is 0.771. The van der Waals surface area contributed by atoms with Crippen LogP contribution in [0, 0.1) is 11.7 Å². The fraction of sp³-hybridized carbons (Fsp3) is 0.500. The molecule has 0 aliphatic rings. The zero-order chi connectivity index (χ0) is 12.0. The zero-order valence-corrected chi connectivity index (χ0v) is 9.45. The summed E-state index contributed by atoms with van der Waals surface area (Å²) in [7, 11) is 1.56. The first-order valence-corrected chi connectivity index (χ1v) is 5.34. The molecule has 0 fully saturated rings. The minimum Gasteiger partial charge on any atom is -0.496 e. The van der Waals surface area contributed by atoms with Crippen LogP contribution in [0.1, 0.15) is 12.0 Å². The van der Waals surface area contributed by atoms with E-state index >= 15 is 0 Å². The van der Waals surface area contributed by atoms with Gasteiger partial charge in [-0.05, 0) is 49.1 Å². The molecule has 3 nitrogen and oxygen atoms in total. The molecule has 0 heterocycles. The van der Waals surface area contributed by atoms with E-state index in [1.807, 2.05) is 0 Å². The first-order chi connectivity index (χ1) is 7.71. The van der Waals surface area contributed by atoms with Crippen molar-refractivity contribution in [1.82, 2.24) is 0 Å². The highest BCUT2D eigenvalue weighted by atomic mass is 19.1. The molecule has 0 aliphatic heterocycles. The van der Waals surface area contributed by atoms with Gasteiger partial charge in [0.2, 0.25) is 0 Å². The molecule has 1 rings (SSSR count). The zero-order valence-electron chi connectivity index (χ0n) is 9.45. The topological polar surface area (TPSA) is 55.5 Å². The van der Waals surface area contributed by atoms with Crippen LogP contribution in [-0.2, 0) is 6.42 Å². The van der Waals surface area contributed by atoms with Gasteiger partial charge < -0.3 is 15.6 Å². The van der Waals surface area contributed by atoms with Gasteiger partial charge in [-0.1, -0.05) is 0 Å². The molecule has 1 aromatic carbocycles. The summed E-state index contributed by atoms with van der Waals surface area (Å²) in [6.07, 6.45) is 1.39. The number of benzene rings is 1. The molecule has 3 N–H and O–H groups in total. The normalized spacial score (nSPS) is 12.5. The van der Waals surface area contributed by atoms with E-state index in [9.17, 15) is 4.39 Å². The third-order valence-electron chi connectivity index (χ3n) is 2.66. The summed E-state index contributed by atoms with van der Waals surface area (Å²) in [5.41, 5.74) is 6.30. The maximum Gasteiger partial charge on any atom is 0.123 e. The molecule has 0 bridgehead atoms. The predicted octanol–water partition coefficient (Wildman–Crippen LogP) is 1.33. The average Bonchev–Trinajstić information content (AvgIpc) is 2.30. The molecule has 0 aliphatic carbocycles. The van der Waals surface area contributed by atoms with E-state index in [-0.39, 0.29) is 18.3 Å². The Balaban J connectivity index is 2.68. The highest BCUT2D eigenvalue weighted by Crippen LogP contribution is 2.22. The van der Waals surface area contributed by atoms with E-state index in [1.165, 1.54) is 12.1 Å². The van der Waals surface area contributed by atoms with Crippen LogP contribution in [0.4, 0.5) is 4.39 Å². The van der Waals surface area contributed by atoms with Gasteiger partial charge in [0, 0.05) is 6.61 Å². The summed E-state index contributed by atoms with van der Waals surface area (Å²) in [5, 5.41) is 9.00. The number of rotatable bonds is 6. The number of methoxy groups -OCH3 is 1. The van der Waals surface area contributed by atoms with E-state index in [0.29, 0.717) is 18.7 Å². The molecule has 0 radical (unpaired) electrons. The van der Waals surface area contributed by atoms with Crippen molar-refractivity contribution in [3.05, 3.63) is 29.6 Å². The van der Waals surface area contributed by atoms with Gasteiger partial charge in [-0.15, -0.1) is 0 Å². The Morgan fingerprint density at radius 2 is 2.25 bits per heavy atom. The monoisotopic (exact) mass is 227 g/mol. The number of halogens is 1. The van der Waals surface area contributed by atoms with E-state index in [4.69, 9.17) is 15.6 Å². The number of ether oxygens (including phenoxy) is 1. The summed E-state index contributed by atoms with van der Waals surface area (Å²) in [5.74, 6) is 0.465. The van der Waals surface area contributed by atoms with Crippen LogP contribution >= 0.6 is 0 Å². The summed E-state index contributed by atoms with van der Waals surface area (Å²) in [6, 6.07) is 4.44. The molecule has 4 heteroatoms. The molecule has 1 atom stereocenters. The number of aryl methyl sites for hydroxylation is 1. The number of hydrogen-bond acceptors (Lipinski definition) is 3. The fourth-order valence-corrected chi connectivity index (χ4v) is 1.59. The molecule has 0 amide bonds. The number of aliphatic hydroxyl groups is 1. The van der Waals surface area contributed by atoms with Crippen LogP contribution in [0.2, 0.25) is 0 Å². The summed E-state index contributed by atoms with van der Waals surface area (Å²) < 4.78 is 18.2. The Labute approximate surface area is 95.0 Å². The fourth-order valence-electron chi connectivity index (χ4n) is 1.59. The minimum absolute atomic E-state index is 0.0629. The Morgan fingerprint density at radius 1 is 1.50 bits per heavy atom. The lowest BCUT2D eigenvalue weighted by atomic mass is 9.99. The van der Waals surface area contributed by atoms with Gasteiger partial charge >= 0.3 is 0 Å². The molecule has 0 saturated carbocycles. The number of hydrogen-bond donors (Lipinski definition) is 2. The Hall–Kier alpha value is -1.13. The summed E-state index contributed by atoms with van der Waals surface area (Å²) in [6.45, 7) is 0.502. The second-order valence-electron chi connectivity index (χ2n) is 3.78. The molecule has 1 aromatic rings. The van der Waals surface area contributed by atoms with E-state index in [1.54, 1.807) is 13.2 Å². The summed E-state index contributed by atoms with van der Waals surface area (Å²) in [4.78, 5) is 0. The van der Waals surface area contributed by atoms with Crippen molar-refractivity contribution >= 4 is 0 Å². The minimum atomic E-state index is -0.274. The number of aliphatic hydroxyl groups excluding tert-OH is 1. The van der Waals surface area contributed by atoms with Crippen LogP contribution in [0.3, 0.4) is 0 Å². The van der Waals surface area contributed by atoms with Gasteiger partial charge in [-0.3, -0.25) is 0 Å². The average molecular weight is 227 g/mol. The van der Waals surface area contributed by atoms with Crippen molar-refractivity contribution in [2.24, 2.45) is 11.7 Å². The van der Waals surface area contributed by atoms with Crippen LogP contribution in [-0.4, -0.2) is 25.4 Å². The van der Waals surface area contributed by atoms with Crippen molar-refractivity contribution in [2.45, 2.75) is 12.8 Å². The second-order valence-corrected chi connectivity index (χ2v) is 3.78. The van der Waals surface area contributed by atoms with Gasteiger partial charge in [0.15, 0.2) is 0 Å². The predicted molar refractivity (Wildman–Crippen MR) is 60.9 cm³/mol. The van der Waals surface area contributed by atoms with Crippen LogP contribution < -0.4 is 10.5 Å². The maximum absolute atomic E-state index is 13.0. The van der Waals surface area contributed by atoms with Gasteiger partial charge in [0.05, 0.1) is 7.11 Å². The first-order valence-electron chi connectivity index (χ1n) is 5.34. The van der Waals surface area contributed by atoms with Gasteiger partial charge in [0.25, 0.3) is 0 Å².